The number of oxazole rings is 1. The van der Waals surface area contributed by atoms with E-state index in [2.05, 4.69) is 10.3 Å². The van der Waals surface area contributed by atoms with Crippen molar-refractivity contribution in [1.29, 1.82) is 0 Å². The summed E-state index contributed by atoms with van der Waals surface area (Å²) in [6.45, 7) is 0.415. The lowest BCUT2D eigenvalue weighted by molar-refractivity contribution is 0.0946. The Kier molecular flexibility index (Phi) is 3.96. The van der Waals surface area contributed by atoms with E-state index >= 15 is 0 Å². The Hall–Kier alpha value is -2.95. The van der Waals surface area contributed by atoms with E-state index in [1.807, 2.05) is 30.3 Å². The molecule has 0 atom stereocenters. The molecule has 2 aromatic carbocycles. The molecule has 110 valence electrons. The van der Waals surface area contributed by atoms with Crippen LogP contribution in [0.15, 0.2) is 65.3 Å². The summed E-state index contributed by atoms with van der Waals surface area (Å²) in [4.78, 5) is 16.1. The first-order valence-corrected chi connectivity index (χ1v) is 6.76. The summed E-state index contributed by atoms with van der Waals surface area (Å²) < 4.78 is 18.2. The summed E-state index contributed by atoms with van der Waals surface area (Å²) in [5.41, 5.74) is 1.80. The maximum Gasteiger partial charge on any atom is 0.273 e. The molecule has 0 bridgehead atoms. The summed E-state index contributed by atoms with van der Waals surface area (Å²) in [5.74, 6) is -0.373. The Labute approximate surface area is 126 Å². The lowest BCUT2D eigenvalue weighted by Crippen LogP contribution is -2.23. The predicted octanol–water partition coefficient (Wildman–Crippen LogP) is 3.41. The molecule has 22 heavy (non-hydrogen) atoms. The third kappa shape index (κ3) is 3.20. The second-order valence-corrected chi connectivity index (χ2v) is 4.71. The van der Waals surface area contributed by atoms with Gasteiger partial charge in [-0.1, -0.05) is 30.3 Å². The maximum absolute atomic E-state index is 12.9. The molecule has 0 aliphatic heterocycles. The minimum absolute atomic E-state index is 0.190. The number of amides is 1. The zero-order valence-electron chi connectivity index (χ0n) is 11.6. The van der Waals surface area contributed by atoms with E-state index in [1.165, 1.54) is 18.4 Å². The normalized spacial score (nSPS) is 10.4. The van der Waals surface area contributed by atoms with E-state index < -0.39 is 0 Å². The van der Waals surface area contributed by atoms with Gasteiger partial charge >= 0.3 is 0 Å². The van der Waals surface area contributed by atoms with Crippen LogP contribution in [0.25, 0.3) is 11.5 Å². The zero-order chi connectivity index (χ0) is 15.4. The number of halogens is 1. The summed E-state index contributed by atoms with van der Waals surface area (Å²) in [6.07, 6.45) is 1.29. The van der Waals surface area contributed by atoms with Gasteiger partial charge in [0.05, 0.1) is 0 Å². The Morgan fingerprint density at radius 3 is 2.55 bits per heavy atom. The molecular weight excluding hydrogens is 283 g/mol. The van der Waals surface area contributed by atoms with Crippen LogP contribution in [0.2, 0.25) is 0 Å². The van der Waals surface area contributed by atoms with Gasteiger partial charge in [0.15, 0.2) is 5.69 Å². The van der Waals surface area contributed by atoms with E-state index in [9.17, 15) is 9.18 Å². The van der Waals surface area contributed by atoms with E-state index in [0.29, 0.717) is 12.1 Å². The Morgan fingerprint density at radius 1 is 1.09 bits per heavy atom. The quantitative estimate of drug-likeness (QED) is 0.802. The van der Waals surface area contributed by atoms with E-state index in [-0.39, 0.29) is 23.3 Å². The van der Waals surface area contributed by atoms with Crippen molar-refractivity contribution < 1.29 is 13.6 Å². The van der Waals surface area contributed by atoms with Crippen molar-refractivity contribution in [2.75, 3.05) is 0 Å². The van der Waals surface area contributed by atoms with Crippen LogP contribution in [-0.2, 0) is 6.54 Å². The topological polar surface area (TPSA) is 55.1 Å². The minimum Gasteiger partial charge on any atom is -0.444 e. The summed E-state index contributed by atoms with van der Waals surface area (Å²) in [7, 11) is 0. The second kappa shape index (κ2) is 6.22. The SMILES string of the molecule is O=C(NCc1ccccc1)c1coc(-c2ccc(F)cc2)n1. The lowest BCUT2D eigenvalue weighted by Gasteiger charge is -2.02. The zero-order valence-corrected chi connectivity index (χ0v) is 11.6. The van der Waals surface area contributed by atoms with Gasteiger partial charge in [-0.2, -0.15) is 0 Å². The molecule has 0 saturated heterocycles. The fourth-order valence-corrected chi connectivity index (χ4v) is 1.97. The highest BCUT2D eigenvalue weighted by Crippen LogP contribution is 2.18. The van der Waals surface area contributed by atoms with Gasteiger partial charge in [-0.25, -0.2) is 9.37 Å². The molecule has 0 unspecified atom stereocenters. The molecule has 0 saturated carbocycles. The van der Waals surface area contributed by atoms with E-state index in [0.717, 1.165) is 5.56 Å². The molecule has 0 radical (unpaired) electrons. The smallest absolute Gasteiger partial charge is 0.273 e. The van der Waals surface area contributed by atoms with Crippen LogP contribution in [0.4, 0.5) is 4.39 Å². The van der Waals surface area contributed by atoms with Gasteiger partial charge in [0.1, 0.15) is 12.1 Å². The number of rotatable bonds is 4. The molecule has 0 fully saturated rings. The summed E-state index contributed by atoms with van der Waals surface area (Å²) >= 11 is 0. The van der Waals surface area contributed by atoms with Crippen LogP contribution >= 0.6 is 0 Å². The fraction of sp³-hybridized carbons (Fsp3) is 0.0588. The van der Waals surface area contributed by atoms with Crippen molar-refractivity contribution in [3.8, 4) is 11.5 Å². The summed E-state index contributed by atoms with van der Waals surface area (Å²) in [5, 5.41) is 2.77. The Bertz CT molecular complexity index is 767. The van der Waals surface area contributed by atoms with Crippen molar-refractivity contribution in [3.63, 3.8) is 0 Å². The largest absolute Gasteiger partial charge is 0.444 e. The van der Waals surface area contributed by atoms with Crippen molar-refractivity contribution in [2.45, 2.75) is 6.54 Å². The molecule has 5 heteroatoms. The molecule has 1 heterocycles. The van der Waals surface area contributed by atoms with Crippen LogP contribution in [-0.4, -0.2) is 10.9 Å². The lowest BCUT2D eigenvalue weighted by atomic mass is 10.2. The molecule has 3 rings (SSSR count). The van der Waals surface area contributed by atoms with Gasteiger partial charge in [-0.05, 0) is 29.8 Å². The molecule has 0 spiro atoms. The highest BCUT2D eigenvalue weighted by molar-refractivity contribution is 5.92. The number of benzene rings is 2. The van der Waals surface area contributed by atoms with Gasteiger partial charge in [0.25, 0.3) is 5.91 Å². The van der Waals surface area contributed by atoms with Crippen LogP contribution < -0.4 is 5.32 Å². The Morgan fingerprint density at radius 2 is 1.82 bits per heavy atom. The number of carbonyl (C=O) groups excluding carboxylic acids is 1. The standard InChI is InChI=1S/C17H13FN2O2/c18-14-8-6-13(7-9-14)17-20-15(11-22-17)16(21)19-10-12-4-2-1-3-5-12/h1-9,11H,10H2,(H,19,21). The first-order valence-electron chi connectivity index (χ1n) is 6.76. The minimum atomic E-state index is -0.337. The van der Waals surface area contributed by atoms with Crippen LogP contribution in [0.3, 0.4) is 0 Å². The maximum atomic E-state index is 12.9. The van der Waals surface area contributed by atoms with E-state index in [4.69, 9.17) is 4.42 Å². The number of nitrogens with zero attached hydrogens (tertiary/aromatic N) is 1. The van der Waals surface area contributed by atoms with Gasteiger partial charge in [-0.3, -0.25) is 4.79 Å². The number of aromatic nitrogens is 1. The van der Waals surface area contributed by atoms with Gasteiger partial charge in [0, 0.05) is 12.1 Å². The van der Waals surface area contributed by atoms with E-state index in [1.54, 1.807) is 12.1 Å². The Balaban J connectivity index is 1.68. The van der Waals surface area contributed by atoms with Crippen molar-refractivity contribution >= 4 is 5.91 Å². The highest BCUT2D eigenvalue weighted by atomic mass is 19.1. The van der Waals surface area contributed by atoms with Crippen molar-refractivity contribution in [2.24, 2.45) is 0 Å². The van der Waals surface area contributed by atoms with Gasteiger partial charge in [-0.15, -0.1) is 0 Å². The third-order valence-electron chi connectivity index (χ3n) is 3.12. The molecule has 3 aromatic rings. The third-order valence-corrected chi connectivity index (χ3v) is 3.12. The second-order valence-electron chi connectivity index (χ2n) is 4.71. The molecular formula is C17H13FN2O2. The van der Waals surface area contributed by atoms with Crippen LogP contribution in [0.1, 0.15) is 16.1 Å². The first kappa shape index (κ1) is 14.0. The monoisotopic (exact) mass is 296 g/mol. The van der Waals surface area contributed by atoms with Gasteiger partial charge < -0.3 is 9.73 Å². The molecule has 0 aliphatic rings. The number of nitrogens with one attached hydrogen (secondary N) is 1. The molecule has 0 aliphatic carbocycles. The molecule has 4 nitrogen and oxygen atoms in total. The van der Waals surface area contributed by atoms with Crippen LogP contribution in [0, 0.1) is 5.82 Å². The van der Waals surface area contributed by atoms with Crippen LogP contribution in [0.5, 0.6) is 0 Å². The molecule has 1 aromatic heterocycles. The van der Waals surface area contributed by atoms with Crippen molar-refractivity contribution in [3.05, 3.63) is 77.9 Å². The van der Waals surface area contributed by atoms with Gasteiger partial charge in [0.2, 0.25) is 5.89 Å². The number of hydrogen-bond donors (Lipinski definition) is 1. The highest BCUT2D eigenvalue weighted by Gasteiger charge is 2.13. The fourth-order valence-electron chi connectivity index (χ4n) is 1.97. The first-order chi connectivity index (χ1) is 10.7. The average molecular weight is 296 g/mol. The van der Waals surface area contributed by atoms with Crippen molar-refractivity contribution in [1.82, 2.24) is 10.3 Å². The molecule has 1 amide bonds. The molecule has 1 N–H and O–H groups in total. The number of carbonyl (C=O) groups is 1. The summed E-state index contributed by atoms with van der Waals surface area (Å²) in [6, 6.07) is 15.3. The predicted molar refractivity (Wildman–Crippen MR) is 79.5 cm³/mol. The average Bonchev–Trinajstić information content (AvgIpc) is 3.04. The number of hydrogen-bond acceptors (Lipinski definition) is 3.